The minimum absolute atomic E-state index is 0.00857. The van der Waals surface area contributed by atoms with Crippen LogP contribution in [-0.4, -0.2) is 17.6 Å². The van der Waals surface area contributed by atoms with Gasteiger partial charge in [0.1, 0.15) is 12.2 Å². The smallest absolute Gasteiger partial charge is 0.371 e. The Morgan fingerprint density at radius 1 is 1.47 bits per heavy atom. The fourth-order valence-corrected chi connectivity index (χ4v) is 1.10. The summed E-state index contributed by atoms with van der Waals surface area (Å²) in [6, 6.07) is 4.85. The second-order valence-electron chi connectivity index (χ2n) is 3.07. The van der Waals surface area contributed by atoms with Crippen molar-refractivity contribution < 1.29 is 18.1 Å². The van der Waals surface area contributed by atoms with E-state index in [4.69, 9.17) is 5.26 Å². The average Bonchev–Trinajstić information content (AvgIpc) is 2.25. The predicted molar refractivity (Wildman–Crippen MR) is 52.4 cm³/mol. The lowest BCUT2D eigenvalue weighted by Gasteiger charge is -2.09. The van der Waals surface area contributed by atoms with Crippen molar-refractivity contribution in [1.29, 1.82) is 5.26 Å². The highest BCUT2D eigenvalue weighted by Gasteiger charge is 2.28. The quantitative estimate of drug-likeness (QED) is 0.655. The second-order valence-corrected chi connectivity index (χ2v) is 3.07. The molecular weight excluding hydrogens is 239 g/mol. The van der Waals surface area contributed by atoms with Gasteiger partial charge in [-0.15, -0.1) is 0 Å². The number of alkyl halides is 3. The summed E-state index contributed by atoms with van der Waals surface area (Å²) in [5.41, 5.74) is -0.825. The zero-order valence-electron chi connectivity index (χ0n) is 8.28. The van der Waals surface area contributed by atoms with Crippen LogP contribution in [0.2, 0.25) is 0 Å². The van der Waals surface area contributed by atoms with Gasteiger partial charge in [0.15, 0.2) is 0 Å². The molecule has 0 bridgehead atoms. The lowest BCUT2D eigenvalue weighted by molar-refractivity contribution is -0.384. The molecule has 8 heteroatoms. The van der Waals surface area contributed by atoms with E-state index in [1.807, 2.05) is 5.32 Å². The Kier molecular flexibility index (Phi) is 3.52. The molecule has 0 amide bonds. The molecule has 1 aromatic carbocycles. The molecule has 0 aromatic heterocycles. The molecular formula is C9H6F3N3O2. The van der Waals surface area contributed by atoms with Crippen LogP contribution in [0.15, 0.2) is 18.2 Å². The number of nitriles is 1. The maximum Gasteiger partial charge on any atom is 0.405 e. The summed E-state index contributed by atoms with van der Waals surface area (Å²) in [6.07, 6.45) is -4.47. The fourth-order valence-electron chi connectivity index (χ4n) is 1.10. The zero-order chi connectivity index (χ0) is 13.1. The molecule has 90 valence electrons. The van der Waals surface area contributed by atoms with Gasteiger partial charge in [-0.25, -0.2) is 0 Å². The van der Waals surface area contributed by atoms with Crippen LogP contribution in [0.5, 0.6) is 0 Å². The summed E-state index contributed by atoms with van der Waals surface area (Å²) in [5.74, 6) is 0. The molecule has 0 aliphatic rings. The molecule has 0 saturated carbocycles. The molecule has 0 spiro atoms. The molecule has 0 aliphatic heterocycles. The first-order chi connectivity index (χ1) is 7.83. The summed E-state index contributed by atoms with van der Waals surface area (Å²) >= 11 is 0. The summed E-state index contributed by atoms with van der Waals surface area (Å²) in [5, 5.41) is 21.0. The van der Waals surface area contributed by atoms with E-state index in [1.165, 1.54) is 6.07 Å². The van der Waals surface area contributed by atoms with Gasteiger partial charge >= 0.3 is 6.18 Å². The van der Waals surface area contributed by atoms with Crippen molar-refractivity contribution in [1.82, 2.24) is 0 Å². The van der Waals surface area contributed by atoms with Crippen molar-refractivity contribution in [3.63, 3.8) is 0 Å². The number of nitrogens with zero attached hydrogens (tertiary/aromatic N) is 2. The third-order valence-electron chi connectivity index (χ3n) is 1.80. The third kappa shape index (κ3) is 3.64. The van der Waals surface area contributed by atoms with E-state index >= 15 is 0 Å². The van der Waals surface area contributed by atoms with Crippen molar-refractivity contribution in [2.24, 2.45) is 0 Å². The van der Waals surface area contributed by atoms with Crippen LogP contribution in [-0.2, 0) is 0 Å². The molecule has 0 fully saturated rings. The molecule has 17 heavy (non-hydrogen) atoms. The van der Waals surface area contributed by atoms with Gasteiger partial charge in [0.25, 0.3) is 5.69 Å². The van der Waals surface area contributed by atoms with Crippen LogP contribution in [0.4, 0.5) is 24.5 Å². The topological polar surface area (TPSA) is 79.0 Å². The Bertz CT molecular complexity index is 479. The number of rotatable bonds is 3. The number of nitrogens with one attached hydrogen (secondary N) is 1. The maximum atomic E-state index is 11.9. The highest BCUT2D eigenvalue weighted by atomic mass is 19.4. The molecule has 5 nitrogen and oxygen atoms in total. The van der Waals surface area contributed by atoms with Crippen LogP contribution in [0.25, 0.3) is 0 Å². The fraction of sp³-hybridized carbons (Fsp3) is 0.222. The summed E-state index contributed by atoms with van der Waals surface area (Å²) in [6.45, 7) is -1.38. The van der Waals surface area contributed by atoms with Crippen LogP contribution in [0.1, 0.15) is 5.56 Å². The van der Waals surface area contributed by atoms with E-state index in [-0.39, 0.29) is 11.3 Å². The van der Waals surface area contributed by atoms with Crippen LogP contribution in [0.3, 0.4) is 0 Å². The normalized spacial score (nSPS) is 10.7. The molecule has 1 N–H and O–H groups in total. The lowest BCUT2D eigenvalue weighted by atomic mass is 10.2. The Morgan fingerprint density at radius 3 is 2.59 bits per heavy atom. The minimum atomic E-state index is -4.47. The standard InChI is InChI=1S/C9H6F3N3O2/c10-9(11,12)5-14-7-2-1-6(4-13)3-8(7)15(16)17/h1-3,14H,5H2. The second kappa shape index (κ2) is 4.69. The number of halogens is 3. The largest absolute Gasteiger partial charge is 0.405 e. The molecule has 0 radical (unpaired) electrons. The molecule has 1 rings (SSSR count). The Morgan fingerprint density at radius 2 is 2.12 bits per heavy atom. The first-order valence-electron chi connectivity index (χ1n) is 4.32. The average molecular weight is 245 g/mol. The molecule has 0 atom stereocenters. The van der Waals surface area contributed by atoms with Crippen molar-refractivity contribution in [2.45, 2.75) is 6.18 Å². The van der Waals surface area contributed by atoms with Crippen molar-refractivity contribution in [3.05, 3.63) is 33.9 Å². The van der Waals surface area contributed by atoms with Gasteiger partial charge < -0.3 is 5.32 Å². The minimum Gasteiger partial charge on any atom is -0.371 e. The SMILES string of the molecule is N#Cc1ccc(NCC(F)(F)F)c([N+](=O)[O-])c1. The molecule has 0 unspecified atom stereocenters. The van der Waals surface area contributed by atoms with E-state index in [1.54, 1.807) is 6.07 Å². The molecule has 1 aromatic rings. The number of anilines is 1. The van der Waals surface area contributed by atoms with Gasteiger partial charge in [0.05, 0.1) is 16.6 Å². The van der Waals surface area contributed by atoms with E-state index < -0.39 is 23.3 Å². The monoisotopic (exact) mass is 245 g/mol. The van der Waals surface area contributed by atoms with Crippen molar-refractivity contribution in [2.75, 3.05) is 11.9 Å². The number of nitro benzene ring substituents is 1. The Hall–Kier alpha value is -2.30. The first kappa shape index (κ1) is 12.8. The number of benzene rings is 1. The maximum absolute atomic E-state index is 11.9. The highest BCUT2D eigenvalue weighted by molar-refractivity contribution is 5.64. The van der Waals surface area contributed by atoms with Gasteiger partial charge in [-0.2, -0.15) is 18.4 Å². The summed E-state index contributed by atoms with van der Waals surface area (Å²) in [4.78, 5) is 9.74. The van der Waals surface area contributed by atoms with E-state index in [0.717, 1.165) is 12.1 Å². The lowest BCUT2D eigenvalue weighted by Crippen LogP contribution is -2.21. The molecule has 0 saturated heterocycles. The molecule has 0 aliphatic carbocycles. The third-order valence-corrected chi connectivity index (χ3v) is 1.80. The number of hydrogen-bond donors (Lipinski definition) is 1. The predicted octanol–water partition coefficient (Wildman–Crippen LogP) is 2.44. The van der Waals surface area contributed by atoms with Gasteiger partial charge in [0, 0.05) is 6.07 Å². The van der Waals surface area contributed by atoms with Crippen LogP contribution >= 0.6 is 0 Å². The van der Waals surface area contributed by atoms with Gasteiger partial charge in [0.2, 0.25) is 0 Å². The van der Waals surface area contributed by atoms with Gasteiger partial charge in [-0.3, -0.25) is 10.1 Å². The summed E-state index contributed by atoms with van der Waals surface area (Å²) < 4.78 is 35.8. The number of nitro groups is 1. The van der Waals surface area contributed by atoms with Crippen LogP contribution < -0.4 is 5.32 Å². The van der Waals surface area contributed by atoms with Gasteiger partial charge in [-0.1, -0.05) is 0 Å². The Labute approximate surface area is 93.6 Å². The Balaban J connectivity index is 3.00. The zero-order valence-corrected chi connectivity index (χ0v) is 8.28. The van der Waals surface area contributed by atoms with Crippen molar-refractivity contribution in [3.8, 4) is 6.07 Å². The van der Waals surface area contributed by atoms with E-state index in [0.29, 0.717) is 0 Å². The van der Waals surface area contributed by atoms with Gasteiger partial charge in [-0.05, 0) is 12.1 Å². The summed E-state index contributed by atoms with van der Waals surface area (Å²) in [7, 11) is 0. The molecule has 0 heterocycles. The highest BCUT2D eigenvalue weighted by Crippen LogP contribution is 2.26. The van der Waals surface area contributed by atoms with E-state index in [2.05, 4.69) is 0 Å². The van der Waals surface area contributed by atoms with E-state index in [9.17, 15) is 23.3 Å². The number of hydrogen-bond acceptors (Lipinski definition) is 4. The van der Waals surface area contributed by atoms with Crippen molar-refractivity contribution >= 4 is 11.4 Å². The van der Waals surface area contributed by atoms with Crippen LogP contribution in [0, 0.1) is 21.4 Å². The first-order valence-corrected chi connectivity index (χ1v) is 4.32.